The van der Waals surface area contributed by atoms with Crippen molar-refractivity contribution in [1.82, 2.24) is 4.57 Å². The van der Waals surface area contributed by atoms with Gasteiger partial charge in [-0.25, -0.2) is 4.79 Å². The molecule has 8 nitrogen and oxygen atoms in total. The zero-order valence-corrected chi connectivity index (χ0v) is 20.0. The highest BCUT2D eigenvalue weighted by Gasteiger charge is 2.19. The molecular formula is C27H27NO7. The summed E-state index contributed by atoms with van der Waals surface area (Å²) in [5.41, 5.74) is 3.82. The Morgan fingerprint density at radius 2 is 1.66 bits per heavy atom. The molecular weight excluding hydrogens is 450 g/mol. The van der Waals surface area contributed by atoms with Gasteiger partial charge in [0.25, 0.3) is 0 Å². The monoisotopic (exact) mass is 477 g/mol. The molecule has 2 heterocycles. The van der Waals surface area contributed by atoms with Gasteiger partial charge in [0.05, 0.1) is 0 Å². The Bertz CT molecular complexity index is 1260. The fraction of sp³-hybridized carbons (Fsp3) is 0.296. The van der Waals surface area contributed by atoms with Gasteiger partial charge < -0.3 is 23.5 Å². The summed E-state index contributed by atoms with van der Waals surface area (Å²) < 4.78 is 23.4. The first kappa shape index (κ1) is 24.1. The summed E-state index contributed by atoms with van der Waals surface area (Å²) in [4.78, 5) is 36.5. The maximum absolute atomic E-state index is 12.7. The van der Waals surface area contributed by atoms with Gasteiger partial charge in [0.15, 0.2) is 30.5 Å². The Balaban J connectivity index is 1.31. The van der Waals surface area contributed by atoms with Crippen LogP contribution in [0, 0.1) is 13.8 Å². The summed E-state index contributed by atoms with van der Waals surface area (Å²) in [7, 11) is 0. The molecule has 182 valence electrons. The second kappa shape index (κ2) is 10.5. The molecule has 0 atom stereocenters. The first-order valence-corrected chi connectivity index (χ1v) is 11.4. The summed E-state index contributed by atoms with van der Waals surface area (Å²) in [6.45, 7) is 5.66. The number of fused-ring (bicyclic) bond motifs is 1. The topological polar surface area (TPSA) is 93.1 Å². The van der Waals surface area contributed by atoms with Crippen molar-refractivity contribution in [1.29, 1.82) is 0 Å². The molecule has 1 aromatic heterocycles. The third kappa shape index (κ3) is 5.54. The van der Waals surface area contributed by atoms with Gasteiger partial charge in [-0.1, -0.05) is 13.0 Å². The number of nitrogens with zero attached hydrogens (tertiary/aromatic N) is 1. The van der Waals surface area contributed by atoms with Gasteiger partial charge in [0.2, 0.25) is 12.6 Å². The van der Waals surface area contributed by atoms with Crippen LogP contribution in [-0.2, 0) is 16.1 Å². The first-order chi connectivity index (χ1) is 16.9. The molecule has 35 heavy (non-hydrogen) atoms. The molecule has 0 spiro atoms. The number of Topliss-reactive ketones (excluding diaryl/α,β-unsaturated/α-hetero) is 2. The Morgan fingerprint density at radius 3 is 2.40 bits per heavy atom. The van der Waals surface area contributed by atoms with Crippen molar-refractivity contribution < 1.29 is 33.3 Å². The van der Waals surface area contributed by atoms with Gasteiger partial charge in [-0.3, -0.25) is 9.59 Å². The summed E-state index contributed by atoms with van der Waals surface area (Å²) in [5.74, 6) is 0.963. The van der Waals surface area contributed by atoms with Gasteiger partial charge in [-0.05, 0) is 61.9 Å². The molecule has 0 saturated heterocycles. The number of carbonyl (C=O) groups is 3. The highest BCUT2D eigenvalue weighted by atomic mass is 16.7. The third-order valence-corrected chi connectivity index (χ3v) is 5.87. The molecule has 0 N–H and O–H groups in total. The van der Waals surface area contributed by atoms with Crippen molar-refractivity contribution in [2.24, 2.45) is 0 Å². The van der Waals surface area contributed by atoms with Crippen molar-refractivity contribution in [3.63, 3.8) is 0 Å². The van der Waals surface area contributed by atoms with E-state index in [0.29, 0.717) is 35.6 Å². The Morgan fingerprint density at radius 1 is 0.914 bits per heavy atom. The van der Waals surface area contributed by atoms with E-state index in [9.17, 15) is 14.4 Å². The van der Waals surface area contributed by atoms with E-state index in [4.69, 9.17) is 18.9 Å². The van der Waals surface area contributed by atoms with E-state index in [1.54, 1.807) is 37.3 Å². The fourth-order valence-electron chi connectivity index (χ4n) is 3.90. The lowest BCUT2D eigenvalue weighted by Crippen LogP contribution is -2.20. The van der Waals surface area contributed by atoms with E-state index in [-0.39, 0.29) is 31.6 Å². The number of benzene rings is 2. The van der Waals surface area contributed by atoms with E-state index >= 15 is 0 Å². The van der Waals surface area contributed by atoms with Gasteiger partial charge >= 0.3 is 5.97 Å². The number of aryl methyl sites for hydroxylation is 1. The number of hydrogen-bond acceptors (Lipinski definition) is 7. The molecule has 0 bridgehead atoms. The van der Waals surface area contributed by atoms with Gasteiger partial charge in [0.1, 0.15) is 5.75 Å². The van der Waals surface area contributed by atoms with Crippen molar-refractivity contribution in [2.75, 3.05) is 20.0 Å². The molecule has 0 saturated carbocycles. The molecule has 0 unspecified atom stereocenters. The van der Waals surface area contributed by atoms with Crippen LogP contribution in [0.3, 0.4) is 0 Å². The SMILES string of the molecule is CCC(=O)c1ccc(OCC(=O)OCC(=O)c2cc(C)n(Cc3ccc4c(c3)OCO4)c2C)cc1. The lowest BCUT2D eigenvalue weighted by molar-refractivity contribution is -0.144. The summed E-state index contributed by atoms with van der Waals surface area (Å²) >= 11 is 0. The van der Waals surface area contributed by atoms with E-state index in [0.717, 1.165) is 22.7 Å². The van der Waals surface area contributed by atoms with Gasteiger partial charge in [-0.2, -0.15) is 0 Å². The maximum atomic E-state index is 12.7. The van der Waals surface area contributed by atoms with Crippen LogP contribution in [0.2, 0.25) is 0 Å². The van der Waals surface area contributed by atoms with Crippen LogP contribution in [0.4, 0.5) is 0 Å². The van der Waals surface area contributed by atoms with Crippen molar-refractivity contribution in [3.05, 3.63) is 76.6 Å². The fourth-order valence-corrected chi connectivity index (χ4v) is 3.90. The second-order valence-electron chi connectivity index (χ2n) is 8.23. The van der Waals surface area contributed by atoms with Crippen LogP contribution in [0.15, 0.2) is 48.5 Å². The van der Waals surface area contributed by atoms with Crippen molar-refractivity contribution in [3.8, 4) is 17.2 Å². The Labute approximate surface area is 203 Å². The number of aromatic nitrogens is 1. The molecule has 4 rings (SSSR count). The lowest BCUT2D eigenvalue weighted by Gasteiger charge is -2.11. The molecule has 0 radical (unpaired) electrons. The van der Waals surface area contributed by atoms with Crippen LogP contribution >= 0.6 is 0 Å². The number of carbonyl (C=O) groups excluding carboxylic acids is 3. The average Bonchev–Trinajstić information content (AvgIpc) is 3.45. The summed E-state index contributed by atoms with van der Waals surface area (Å²) in [5, 5.41) is 0. The van der Waals surface area contributed by atoms with Crippen LogP contribution in [-0.4, -0.2) is 42.1 Å². The standard InChI is InChI=1S/C27H27NO7/c1-4-23(29)20-6-8-21(9-7-20)32-15-27(31)33-14-24(30)22-11-17(2)28(18(22)3)13-19-5-10-25-26(12-19)35-16-34-25/h5-12H,4,13-16H2,1-3H3. The molecule has 0 amide bonds. The van der Waals surface area contributed by atoms with Crippen LogP contribution < -0.4 is 14.2 Å². The van der Waals surface area contributed by atoms with E-state index in [1.165, 1.54) is 0 Å². The Kier molecular flexibility index (Phi) is 7.19. The zero-order valence-electron chi connectivity index (χ0n) is 20.0. The summed E-state index contributed by atoms with van der Waals surface area (Å²) in [6.07, 6.45) is 0.418. The number of esters is 1. The maximum Gasteiger partial charge on any atom is 0.344 e. The quantitative estimate of drug-likeness (QED) is 0.318. The number of ketones is 2. The Hall–Kier alpha value is -4.07. The zero-order chi connectivity index (χ0) is 24.9. The molecule has 2 aromatic carbocycles. The number of hydrogen-bond donors (Lipinski definition) is 0. The summed E-state index contributed by atoms with van der Waals surface area (Å²) in [6, 6.07) is 14.1. The second-order valence-corrected chi connectivity index (χ2v) is 8.23. The largest absolute Gasteiger partial charge is 0.482 e. The van der Waals surface area contributed by atoms with Crippen molar-refractivity contribution >= 4 is 17.5 Å². The highest BCUT2D eigenvalue weighted by Crippen LogP contribution is 2.33. The van der Waals surface area contributed by atoms with Crippen LogP contribution in [0.5, 0.6) is 17.2 Å². The molecule has 1 aliphatic heterocycles. The lowest BCUT2D eigenvalue weighted by atomic mass is 10.1. The molecule has 0 fully saturated rings. The van der Waals surface area contributed by atoms with E-state index < -0.39 is 5.97 Å². The van der Waals surface area contributed by atoms with Gasteiger partial charge in [0, 0.05) is 35.5 Å². The number of ether oxygens (including phenoxy) is 4. The van der Waals surface area contributed by atoms with Gasteiger partial charge in [-0.15, -0.1) is 0 Å². The molecule has 3 aromatic rings. The average molecular weight is 478 g/mol. The number of rotatable bonds is 10. The predicted molar refractivity (Wildman–Crippen MR) is 127 cm³/mol. The minimum absolute atomic E-state index is 0.0322. The predicted octanol–water partition coefficient (Wildman–Crippen LogP) is 4.28. The van der Waals surface area contributed by atoms with E-state index in [2.05, 4.69) is 0 Å². The van der Waals surface area contributed by atoms with Crippen LogP contribution in [0.1, 0.15) is 51.0 Å². The molecule has 1 aliphatic rings. The normalized spacial score (nSPS) is 11.9. The third-order valence-electron chi connectivity index (χ3n) is 5.87. The smallest absolute Gasteiger partial charge is 0.344 e. The van der Waals surface area contributed by atoms with E-state index in [1.807, 2.05) is 36.6 Å². The minimum Gasteiger partial charge on any atom is -0.482 e. The minimum atomic E-state index is -0.652. The van der Waals surface area contributed by atoms with Crippen molar-refractivity contribution in [2.45, 2.75) is 33.7 Å². The first-order valence-electron chi connectivity index (χ1n) is 11.4. The van der Waals surface area contributed by atoms with Crippen LogP contribution in [0.25, 0.3) is 0 Å². The highest BCUT2D eigenvalue weighted by molar-refractivity contribution is 5.99. The molecule has 8 heteroatoms. The molecule has 0 aliphatic carbocycles.